The first-order valence-corrected chi connectivity index (χ1v) is 7.09. The van der Waals surface area contributed by atoms with Gasteiger partial charge < -0.3 is 19.2 Å². The molecule has 1 aromatic heterocycles. The van der Waals surface area contributed by atoms with Crippen LogP contribution in [0.3, 0.4) is 0 Å². The second-order valence-electron chi connectivity index (χ2n) is 4.76. The summed E-state index contributed by atoms with van der Waals surface area (Å²) in [4.78, 5) is 43.1. The maximum Gasteiger partial charge on any atom is 2.00 e. The Balaban J connectivity index is -0.000000427. The van der Waals surface area contributed by atoms with Gasteiger partial charge >= 0.3 is 41.8 Å². The molecule has 0 N–H and O–H groups in total. The number of hydrogen-bond donors (Lipinski definition) is 0. The monoisotopic (exact) mass is 556 g/mol. The third kappa shape index (κ3) is 17.5. The number of alkyl halides is 12. The second kappa shape index (κ2) is 13.7. The van der Waals surface area contributed by atoms with Crippen molar-refractivity contribution in [2.24, 2.45) is 0 Å². The minimum atomic E-state index is -5.46. The van der Waals surface area contributed by atoms with Crippen LogP contribution in [0.1, 0.15) is 0 Å². The molecule has 0 fully saturated rings. The summed E-state index contributed by atoms with van der Waals surface area (Å²) in [6.07, 6.45) is -20.4. The summed E-state index contributed by atoms with van der Waals surface area (Å²) in [5, 5.41) is 0. The molecule has 1 aromatic rings. The largest absolute Gasteiger partial charge is 2.00 e. The molecule has 5 nitrogen and oxygen atoms in total. The van der Waals surface area contributed by atoms with Crippen molar-refractivity contribution in [1.29, 1.82) is 0 Å². The Morgan fingerprint density at radius 1 is 0.485 bits per heavy atom. The minimum absolute atomic E-state index is 0. The van der Waals surface area contributed by atoms with E-state index in [1.165, 1.54) is 0 Å². The number of carbonyl (C=O) groups is 4. The Morgan fingerprint density at radius 3 is 0.788 bits per heavy atom. The first-order chi connectivity index (χ1) is 14.1. The number of pyridine rings is 1. The van der Waals surface area contributed by atoms with Crippen molar-refractivity contribution >= 4 is 23.1 Å². The van der Waals surface area contributed by atoms with Gasteiger partial charge in [0.1, 0.15) is 23.1 Å². The first kappa shape index (κ1) is 34.9. The van der Waals surface area contributed by atoms with Crippen LogP contribution in [-0.4, -0.2) is 52.8 Å². The molecule has 0 aromatic carbocycles. The van der Waals surface area contributed by atoms with Gasteiger partial charge in [-0.25, -0.2) is 12.8 Å². The average Bonchev–Trinajstić information content (AvgIpc) is 2.61. The average molecular weight is 557 g/mol. The van der Waals surface area contributed by atoms with Gasteiger partial charge in [0, 0.05) is 12.4 Å². The zero-order valence-electron chi connectivity index (χ0n) is 15.0. The van der Waals surface area contributed by atoms with Crippen LogP contribution >= 0.6 is 0 Å². The zero-order chi connectivity index (χ0) is 26.0. The molecule has 0 atom stereocenters. The zero-order valence-corrected chi connectivity index (χ0v) is 15.9. The summed E-state index contributed by atoms with van der Waals surface area (Å²) >= 11 is 0. The molecule has 33 heavy (non-hydrogen) atoms. The molecule has 0 saturated carbocycles. The van der Waals surface area contributed by atoms with Crippen molar-refractivity contribution in [1.82, 2.24) is 4.98 Å². The number of ketones is 4. The van der Waals surface area contributed by atoms with Crippen molar-refractivity contribution < 1.29 is 88.9 Å². The number of nitrogens with zero attached hydrogens (tertiary/aromatic N) is 1. The Labute approximate surface area is 186 Å². The van der Waals surface area contributed by atoms with Crippen molar-refractivity contribution in [2.45, 2.75) is 24.7 Å². The van der Waals surface area contributed by atoms with Gasteiger partial charge in [0.25, 0.3) is 0 Å². The van der Waals surface area contributed by atoms with E-state index in [1.807, 2.05) is 18.2 Å². The van der Waals surface area contributed by atoms with Crippen molar-refractivity contribution in [3.63, 3.8) is 0 Å². The molecule has 0 bridgehead atoms. The van der Waals surface area contributed by atoms with E-state index < -0.39 is 60.7 Å². The number of Topliss-reactive ketones (excluding diaryl/α,β-unsaturated/α-hetero) is 4. The summed E-state index contributed by atoms with van der Waals surface area (Å²) in [6, 6.07) is 5.72. The minimum Gasteiger partial charge on any atom is -0.324 e. The molecule has 0 aliphatic heterocycles. The van der Waals surface area contributed by atoms with Crippen molar-refractivity contribution in [2.75, 3.05) is 0 Å². The molecule has 0 aliphatic rings. The van der Waals surface area contributed by atoms with Crippen LogP contribution < -0.4 is 0 Å². The van der Waals surface area contributed by atoms with Crippen LogP contribution in [0.5, 0.6) is 0 Å². The van der Waals surface area contributed by atoms with E-state index in [0.29, 0.717) is 0 Å². The summed E-state index contributed by atoms with van der Waals surface area (Å²) < 4.78 is 136. The van der Waals surface area contributed by atoms with Gasteiger partial charge in [-0.15, -0.1) is 0 Å². The van der Waals surface area contributed by atoms with Crippen molar-refractivity contribution in [3.05, 3.63) is 43.4 Å². The van der Waals surface area contributed by atoms with Crippen molar-refractivity contribution in [3.8, 4) is 0 Å². The smallest absolute Gasteiger partial charge is 0.324 e. The van der Waals surface area contributed by atoms with Crippen LogP contribution in [0.25, 0.3) is 0 Å². The summed E-state index contributed by atoms with van der Waals surface area (Å²) in [6.45, 7) is 0. The molecule has 1 radical (unpaired) electrons. The van der Waals surface area contributed by atoms with E-state index >= 15 is 0 Å². The molecule has 0 spiro atoms. The van der Waals surface area contributed by atoms with Crippen LogP contribution in [-0.2, 0) is 36.2 Å². The first-order valence-electron chi connectivity index (χ1n) is 7.09. The SMILES string of the molecule is O=C([CH-]C(=O)C(F)(F)F)C(F)(F)F.O=C([CH-]C(=O)C(F)(F)F)C(F)(F)F.[Cu+2].c1ccncc1. The van der Waals surface area contributed by atoms with E-state index in [9.17, 15) is 71.9 Å². The second-order valence-corrected chi connectivity index (χ2v) is 4.76. The van der Waals surface area contributed by atoms with Gasteiger partial charge in [0.05, 0.1) is 0 Å². The predicted molar refractivity (Wildman–Crippen MR) is 77.1 cm³/mol. The van der Waals surface area contributed by atoms with Gasteiger partial charge in [0.2, 0.25) is 0 Å². The number of aromatic nitrogens is 1. The maximum atomic E-state index is 11.3. The van der Waals surface area contributed by atoms with Crippen LogP contribution in [0.4, 0.5) is 52.7 Å². The normalized spacial score (nSPS) is 11.3. The molecule has 191 valence electrons. The summed E-state index contributed by atoms with van der Waals surface area (Å²) in [5.74, 6) is -11.3. The van der Waals surface area contributed by atoms with Crippen LogP contribution in [0.2, 0.25) is 0 Å². The standard InChI is InChI=1S/2C5HF6O2.C5H5N.Cu/c2*6-4(7,8)2(12)1-3(13)5(9,10)11;1-2-4-6-5-3-1;/h2*1H;1-5H;/q2*-1;;+2. The number of carbonyl (C=O) groups excluding carboxylic acids is 4. The molecular weight excluding hydrogens is 550 g/mol. The quantitative estimate of drug-likeness (QED) is 0.243. The molecule has 0 amide bonds. The van der Waals surface area contributed by atoms with E-state index in [-0.39, 0.29) is 17.1 Å². The summed E-state index contributed by atoms with van der Waals surface area (Å²) in [7, 11) is 0. The summed E-state index contributed by atoms with van der Waals surface area (Å²) in [5.41, 5.74) is 0. The molecule has 18 heteroatoms. The van der Waals surface area contributed by atoms with Gasteiger partial charge in [-0.2, -0.15) is 52.7 Å². The van der Waals surface area contributed by atoms with Crippen LogP contribution in [0.15, 0.2) is 30.6 Å². The van der Waals surface area contributed by atoms with E-state index in [4.69, 9.17) is 0 Å². The van der Waals surface area contributed by atoms with E-state index in [2.05, 4.69) is 4.98 Å². The van der Waals surface area contributed by atoms with Gasteiger partial charge in [-0.1, -0.05) is 6.07 Å². The Morgan fingerprint density at radius 2 is 0.697 bits per heavy atom. The number of hydrogen-bond acceptors (Lipinski definition) is 5. The molecular formula is C15H7CuF12NO4. The predicted octanol–water partition coefficient (Wildman–Crippen LogP) is 3.99. The molecule has 1 heterocycles. The number of halogens is 12. The molecule has 0 saturated heterocycles. The number of rotatable bonds is 4. The molecule has 0 aliphatic carbocycles. The molecule has 1 rings (SSSR count). The fraction of sp³-hybridized carbons (Fsp3) is 0.267. The maximum absolute atomic E-state index is 11.3. The fourth-order valence-electron chi connectivity index (χ4n) is 0.878. The Bertz CT molecular complexity index is 646. The Kier molecular flexibility index (Phi) is 14.5. The van der Waals surface area contributed by atoms with Gasteiger partial charge in [-0.3, -0.25) is 4.98 Å². The Hall–Kier alpha value is -2.75. The topological polar surface area (TPSA) is 81.2 Å². The third-order valence-electron chi connectivity index (χ3n) is 2.21. The fourth-order valence-corrected chi connectivity index (χ4v) is 0.878. The molecule has 0 unspecified atom stereocenters. The van der Waals surface area contributed by atoms with E-state index in [1.54, 1.807) is 12.4 Å². The van der Waals surface area contributed by atoms with Gasteiger partial charge in [0.15, 0.2) is 0 Å². The third-order valence-corrected chi connectivity index (χ3v) is 2.21. The van der Waals surface area contributed by atoms with E-state index in [0.717, 1.165) is 0 Å². The van der Waals surface area contributed by atoms with Crippen LogP contribution in [0, 0.1) is 12.8 Å². The van der Waals surface area contributed by atoms with Gasteiger partial charge in [-0.05, 0) is 12.1 Å².